The normalized spacial score (nSPS) is 23.4. The molecule has 2 fully saturated rings. The smallest absolute Gasteiger partial charge is 0.225 e. The van der Waals surface area contributed by atoms with Crippen LogP contribution in [0.4, 0.5) is 5.95 Å². The van der Waals surface area contributed by atoms with Crippen molar-refractivity contribution in [1.29, 1.82) is 0 Å². The Bertz CT molecular complexity index is 807. The van der Waals surface area contributed by atoms with E-state index in [1.807, 2.05) is 24.3 Å². The van der Waals surface area contributed by atoms with Crippen LogP contribution in [0.15, 0.2) is 41.6 Å². The van der Waals surface area contributed by atoms with Crippen LogP contribution < -0.4 is 9.64 Å². The Kier molecular flexibility index (Phi) is 6.16. The minimum Gasteiger partial charge on any atom is -0.494 e. The van der Waals surface area contributed by atoms with E-state index < -0.39 is 10.8 Å². The van der Waals surface area contributed by atoms with Crippen LogP contribution in [0.25, 0.3) is 0 Å². The summed E-state index contributed by atoms with van der Waals surface area (Å²) < 4.78 is 17.3. The highest BCUT2D eigenvalue weighted by Crippen LogP contribution is 2.49. The van der Waals surface area contributed by atoms with Crippen LogP contribution in [0.2, 0.25) is 5.02 Å². The summed E-state index contributed by atoms with van der Waals surface area (Å²) in [5.41, 5.74) is 0. The number of piperidine rings is 1. The van der Waals surface area contributed by atoms with Crippen LogP contribution >= 0.6 is 11.6 Å². The number of anilines is 1. The quantitative estimate of drug-likeness (QED) is 0.673. The van der Waals surface area contributed by atoms with Crippen LogP contribution in [0.1, 0.15) is 25.7 Å². The topological polar surface area (TPSA) is 55.3 Å². The Morgan fingerprint density at radius 3 is 2.50 bits per heavy atom. The molecule has 1 aliphatic heterocycles. The molecule has 150 valence electrons. The number of ether oxygens (including phenoxy) is 1. The Hall–Kier alpha value is -1.66. The van der Waals surface area contributed by atoms with Gasteiger partial charge in [-0.25, -0.2) is 9.97 Å². The van der Waals surface area contributed by atoms with E-state index in [0.717, 1.165) is 60.5 Å². The number of hydrogen-bond donors (Lipinski definition) is 0. The fraction of sp³-hybridized carbons (Fsp3) is 0.524. The molecule has 5 nitrogen and oxygen atoms in total. The zero-order valence-electron chi connectivity index (χ0n) is 16.1. The lowest BCUT2D eigenvalue weighted by Crippen LogP contribution is -2.35. The molecule has 4 rings (SSSR count). The zero-order valence-corrected chi connectivity index (χ0v) is 17.7. The number of halogens is 1. The molecule has 2 aromatic rings. The molecule has 0 amide bonds. The van der Waals surface area contributed by atoms with Gasteiger partial charge in [0.25, 0.3) is 0 Å². The molecule has 2 aliphatic rings. The van der Waals surface area contributed by atoms with Gasteiger partial charge in [-0.15, -0.1) is 0 Å². The van der Waals surface area contributed by atoms with Gasteiger partial charge in [0.15, 0.2) is 0 Å². The van der Waals surface area contributed by atoms with Crippen molar-refractivity contribution < 1.29 is 8.95 Å². The Balaban J connectivity index is 1.17. The predicted octanol–water partition coefficient (Wildman–Crippen LogP) is 4.19. The van der Waals surface area contributed by atoms with Crippen LogP contribution in [-0.4, -0.2) is 40.1 Å². The second-order valence-corrected chi connectivity index (χ2v) is 9.56. The second-order valence-electron chi connectivity index (χ2n) is 7.75. The maximum absolute atomic E-state index is 11.4. The van der Waals surface area contributed by atoms with Crippen molar-refractivity contribution in [1.82, 2.24) is 9.97 Å². The van der Waals surface area contributed by atoms with E-state index in [-0.39, 0.29) is 0 Å². The molecule has 0 radical (unpaired) electrons. The van der Waals surface area contributed by atoms with Crippen molar-refractivity contribution in [3.63, 3.8) is 0 Å². The van der Waals surface area contributed by atoms with Gasteiger partial charge in [-0.1, -0.05) is 11.6 Å². The number of rotatable bonds is 7. The van der Waals surface area contributed by atoms with Gasteiger partial charge in [0.1, 0.15) is 5.75 Å². The first-order valence-corrected chi connectivity index (χ1v) is 11.8. The second kappa shape index (κ2) is 8.78. The van der Waals surface area contributed by atoms with Gasteiger partial charge < -0.3 is 9.64 Å². The molecule has 28 heavy (non-hydrogen) atoms. The number of nitrogens with zero attached hydrogens (tertiary/aromatic N) is 3. The lowest BCUT2D eigenvalue weighted by Gasteiger charge is -2.32. The first kappa shape index (κ1) is 19.6. The average Bonchev–Trinajstić information content (AvgIpc) is 3.49. The molecule has 0 N–H and O–H groups in total. The molecule has 7 heteroatoms. The summed E-state index contributed by atoms with van der Waals surface area (Å²) in [5, 5.41) is 0.581. The van der Waals surface area contributed by atoms with Crippen molar-refractivity contribution in [2.75, 3.05) is 30.9 Å². The molecule has 2 heterocycles. The fourth-order valence-electron chi connectivity index (χ4n) is 4.23. The standard InChI is InChI=1S/C21H26ClN3O2S/c1-28(26)19-4-2-18(3-5-19)27-11-8-16-12-20(16)15-6-9-25(10-7-15)21-23-13-17(22)14-24-21/h2-5,13-16,20H,6-12H2,1H3. The van der Waals surface area contributed by atoms with E-state index in [1.54, 1.807) is 18.6 Å². The molecule has 1 aromatic carbocycles. The summed E-state index contributed by atoms with van der Waals surface area (Å²) in [6.07, 6.45) is 9.90. The van der Waals surface area contributed by atoms with Gasteiger partial charge in [0.2, 0.25) is 5.95 Å². The minimum atomic E-state index is -0.937. The monoisotopic (exact) mass is 419 g/mol. The lowest BCUT2D eigenvalue weighted by molar-refractivity contribution is 0.284. The SMILES string of the molecule is CS(=O)c1ccc(OCCC2CC2C2CCN(c3ncc(Cl)cn3)CC2)cc1. The van der Waals surface area contributed by atoms with Crippen molar-refractivity contribution in [3.8, 4) is 5.75 Å². The molecule has 1 saturated carbocycles. The van der Waals surface area contributed by atoms with Gasteiger partial charge in [-0.3, -0.25) is 4.21 Å². The van der Waals surface area contributed by atoms with E-state index in [4.69, 9.17) is 16.3 Å². The summed E-state index contributed by atoms with van der Waals surface area (Å²) in [7, 11) is -0.937. The van der Waals surface area contributed by atoms with E-state index >= 15 is 0 Å². The summed E-state index contributed by atoms with van der Waals surface area (Å²) in [4.78, 5) is 11.8. The molecule has 3 atom stereocenters. The fourth-order valence-corrected chi connectivity index (χ4v) is 4.85. The largest absolute Gasteiger partial charge is 0.494 e. The Morgan fingerprint density at radius 1 is 1.18 bits per heavy atom. The molecule has 0 spiro atoms. The molecular formula is C21H26ClN3O2S. The van der Waals surface area contributed by atoms with E-state index in [1.165, 1.54) is 19.3 Å². The third-order valence-electron chi connectivity index (χ3n) is 5.92. The molecule has 3 unspecified atom stereocenters. The highest BCUT2D eigenvalue weighted by molar-refractivity contribution is 7.84. The van der Waals surface area contributed by atoms with Gasteiger partial charge in [-0.2, -0.15) is 0 Å². The first-order chi connectivity index (χ1) is 13.6. The third kappa shape index (κ3) is 4.84. The maximum atomic E-state index is 11.4. The number of benzene rings is 1. The van der Waals surface area contributed by atoms with Crippen molar-refractivity contribution >= 4 is 28.3 Å². The molecule has 1 aliphatic carbocycles. The van der Waals surface area contributed by atoms with E-state index in [0.29, 0.717) is 5.02 Å². The van der Waals surface area contributed by atoms with Crippen LogP contribution in [0.3, 0.4) is 0 Å². The Labute approximate surface area is 173 Å². The predicted molar refractivity (Wildman–Crippen MR) is 112 cm³/mol. The van der Waals surface area contributed by atoms with Gasteiger partial charge >= 0.3 is 0 Å². The molecule has 1 saturated heterocycles. The van der Waals surface area contributed by atoms with Crippen molar-refractivity contribution in [2.24, 2.45) is 17.8 Å². The molecule has 0 bridgehead atoms. The maximum Gasteiger partial charge on any atom is 0.225 e. The van der Waals surface area contributed by atoms with E-state index in [2.05, 4.69) is 14.9 Å². The first-order valence-electron chi connectivity index (χ1n) is 9.89. The minimum absolute atomic E-state index is 0.581. The zero-order chi connectivity index (χ0) is 19.5. The third-order valence-corrected chi connectivity index (χ3v) is 7.06. The van der Waals surface area contributed by atoms with Crippen molar-refractivity contribution in [3.05, 3.63) is 41.7 Å². The Morgan fingerprint density at radius 2 is 1.86 bits per heavy atom. The van der Waals surface area contributed by atoms with E-state index in [9.17, 15) is 4.21 Å². The van der Waals surface area contributed by atoms with Gasteiger partial charge in [-0.05, 0) is 67.7 Å². The average molecular weight is 420 g/mol. The summed E-state index contributed by atoms with van der Waals surface area (Å²) in [6, 6.07) is 7.58. The van der Waals surface area contributed by atoms with Gasteiger partial charge in [0.05, 0.1) is 24.0 Å². The number of aromatic nitrogens is 2. The number of hydrogen-bond acceptors (Lipinski definition) is 5. The summed E-state index contributed by atoms with van der Waals surface area (Å²) in [6.45, 7) is 2.81. The highest BCUT2D eigenvalue weighted by Gasteiger charge is 2.43. The summed E-state index contributed by atoms with van der Waals surface area (Å²) >= 11 is 5.87. The van der Waals surface area contributed by atoms with Crippen LogP contribution in [0, 0.1) is 17.8 Å². The molecule has 1 aromatic heterocycles. The molecular weight excluding hydrogens is 394 g/mol. The van der Waals surface area contributed by atoms with Crippen LogP contribution in [-0.2, 0) is 10.8 Å². The van der Waals surface area contributed by atoms with Crippen LogP contribution in [0.5, 0.6) is 5.75 Å². The highest BCUT2D eigenvalue weighted by atomic mass is 35.5. The van der Waals surface area contributed by atoms with Gasteiger partial charge in [0, 0.05) is 35.0 Å². The lowest BCUT2D eigenvalue weighted by atomic mass is 9.90. The van der Waals surface area contributed by atoms with Crippen molar-refractivity contribution in [2.45, 2.75) is 30.6 Å². The summed E-state index contributed by atoms with van der Waals surface area (Å²) in [5.74, 6) is 4.11.